The lowest BCUT2D eigenvalue weighted by Crippen LogP contribution is -2.40. The molecule has 0 bridgehead atoms. The van der Waals surface area contributed by atoms with Gasteiger partial charge in [0.15, 0.2) is 0 Å². The minimum atomic E-state index is 0.665. The van der Waals surface area contributed by atoms with Crippen molar-refractivity contribution in [2.75, 3.05) is 20.6 Å². The summed E-state index contributed by atoms with van der Waals surface area (Å²) in [5.41, 5.74) is 0. The topological polar surface area (TPSA) is 15.3 Å². The molecular weight excluding hydrogens is 208 g/mol. The van der Waals surface area contributed by atoms with E-state index in [2.05, 4.69) is 45.1 Å². The highest BCUT2D eigenvalue weighted by atomic mass is 15.1. The molecule has 0 aromatic carbocycles. The van der Waals surface area contributed by atoms with E-state index in [1.54, 1.807) is 0 Å². The Kier molecular flexibility index (Phi) is 6.50. The summed E-state index contributed by atoms with van der Waals surface area (Å²) in [6, 6.07) is 1.44. The summed E-state index contributed by atoms with van der Waals surface area (Å²) in [5, 5.41) is 3.81. The van der Waals surface area contributed by atoms with Crippen LogP contribution in [0.3, 0.4) is 0 Å². The molecule has 2 nitrogen and oxygen atoms in total. The van der Waals surface area contributed by atoms with Crippen molar-refractivity contribution >= 4 is 0 Å². The molecule has 0 aromatic rings. The highest BCUT2D eigenvalue weighted by molar-refractivity contribution is 4.80. The van der Waals surface area contributed by atoms with E-state index >= 15 is 0 Å². The smallest absolute Gasteiger partial charge is 0.00697 e. The van der Waals surface area contributed by atoms with Crippen molar-refractivity contribution in [1.82, 2.24) is 10.2 Å². The molecule has 17 heavy (non-hydrogen) atoms. The lowest BCUT2D eigenvalue weighted by Gasteiger charge is -2.33. The normalized spacial score (nSPS) is 27.7. The van der Waals surface area contributed by atoms with Gasteiger partial charge in [-0.15, -0.1) is 0 Å². The SMILES string of the molecule is CC(CCN(C)C)NC1CCC(C(C)C)CC1. The molecule has 0 spiro atoms. The molecule has 102 valence electrons. The number of hydrogen-bond acceptors (Lipinski definition) is 2. The third-order valence-electron chi connectivity index (χ3n) is 4.24. The lowest BCUT2D eigenvalue weighted by molar-refractivity contribution is 0.225. The van der Waals surface area contributed by atoms with Crippen LogP contribution in [0.2, 0.25) is 0 Å². The Morgan fingerprint density at radius 2 is 1.65 bits per heavy atom. The molecule has 0 amide bonds. The van der Waals surface area contributed by atoms with Crippen LogP contribution in [-0.4, -0.2) is 37.6 Å². The van der Waals surface area contributed by atoms with Crippen molar-refractivity contribution in [3.63, 3.8) is 0 Å². The Bertz CT molecular complexity index is 193. The van der Waals surface area contributed by atoms with E-state index in [0.717, 1.165) is 17.9 Å². The van der Waals surface area contributed by atoms with Gasteiger partial charge in [0, 0.05) is 12.1 Å². The molecule has 1 aliphatic rings. The highest BCUT2D eigenvalue weighted by Crippen LogP contribution is 2.30. The molecule has 0 saturated heterocycles. The van der Waals surface area contributed by atoms with Crippen molar-refractivity contribution in [1.29, 1.82) is 0 Å². The maximum atomic E-state index is 3.81. The number of nitrogens with one attached hydrogen (secondary N) is 1. The van der Waals surface area contributed by atoms with Crippen LogP contribution in [0, 0.1) is 11.8 Å². The highest BCUT2D eigenvalue weighted by Gasteiger charge is 2.23. The zero-order valence-corrected chi connectivity index (χ0v) is 12.5. The van der Waals surface area contributed by atoms with Crippen molar-refractivity contribution < 1.29 is 0 Å². The first-order valence-electron chi connectivity index (χ1n) is 7.39. The van der Waals surface area contributed by atoms with Gasteiger partial charge in [-0.1, -0.05) is 13.8 Å². The van der Waals surface area contributed by atoms with Crippen LogP contribution in [0.4, 0.5) is 0 Å². The Morgan fingerprint density at radius 3 is 2.12 bits per heavy atom. The summed E-state index contributed by atoms with van der Waals surface area (Å²) >= 11 is 0. The van der Waals surface area contributed by atoms with Gasteiger partial charge in [-0.25, -0.2) is 0 Å². The predicted molar refractivity (Wildman–Crippen MR) is 76.4 cm³/mol. The standard InChI is InChI=1S/C15H32N2/c1-12(2)14-6-8-15(9-7-14)16-13(3)10-11-17(4)5/h12-16H,6-11H2,1-5H3. The zero-order chi connectivity index (χ0) is 12.8. The molecule has 1 rings (SSSR count). The first-order valence-corrected chi connectivity index (χ1v) is 7.39. The maximum absolute atomic E-state index is 3.81. The molecule has 0 aliphatic heterocycles. The van der Waals surface area contributed by atoms with Crippen LogP contribution in [-0.2, 0) is 0 Å². The third kappa shape index (κ3) is 5.87. The summed E-state index contributed by atoms with van der Waals surface area (Å²) in [4.78, 5) is 2.27. The molecule has 0 aromatic heterocycles. The molecule has 1 fully saturated rings. The average Bonchev–Trinajstić information content (AvgIpc) is 2.27. The van der Waals surface area contributed by atoms with Gasteiger partial charge in [-0.3, -0.25) is 0 Å². The minimum absolute atomic E-state index is 0.665. The summed E-state index contributed by atoms with van der Waals surface area (Å²) in [5.74, 6) is 1.85. The van der Waals surface area contributed by atoms with Crippen LogP contribution in [0.1, 0.15) is 52.9 Å². The third-order valence-corrected chi connectivity index (χ3v) is 4.24. The summed E-state index contributed by atoms with van der Waals surface area (Å²) < 4.78 is 0. The molecule has 1 atom stereocenters. The summed E-state index contributed by atoms with van der Waals surface area (Å²) in [6.07, 6.45) is 6.88. The second kappa shape index (κ2) is 7.38. The van der Waals surface area contributed by atoms with Crippen molar-refractivity contribution in [2.24, 2.45) is 11.8 Å². The molecule has 1 unspecified atom stereocenters. The van der Waals surface area contributed by atoms with E-state index in [4.69, 9.17) is 0 Å². The Hall–Kier alpha value is -0.0800. The zero-order valence-electron chi connectivity index (χ0n) is 12.5. The lowest BCUT2D eigenvalue weighted by atomic mass is 9.79. The fraction of sp³-hybridized carbons (Fsp3) is 1.00. The van der Waals surface area contributed by atoms with E-state index in [1.165, 1.54) is 38.6 Å². The molecular formula is C15H32N2. The molecule has 1 N–H and O–H groups in total. The Balaban J connectivity index is 2.17. The predicted octanol–water partition coefficient (Wildman–Crippen LogP) is 3.13. The quantitative estimate of drug-likeness (QED) is 0.767. The van der Waals surface area contributed by atoms with E-state index in [1.807, 2.05) is 0 Å². The fourth-order valence-electron chi connectivity index (χ4n) is 2.89. The molecule has 1 aliphatic carbocycles. The van der Waals surface area contributed by atoms with Crippen molar-refractivity contribution in [3.8, 4) is 0 Å². The largest absolute Gasteiger partial charge is 0.311 e. The van der Waals surface area contributed by atoms with E-state index in [9.17, 15) is 0 Å². The van der Waals surface area contributed by atoms with E-state index < -0.39 is 0 Å². The van der Waals surface area contributed by atoms with E-state index in [-0.39, 0.29) is 0 Å². The van der Waals surface area contributed by atoms with Gasteiger partial charge < -0.3 is 10.2 Å². The fourth-order valence-corrected chi connectivity index (χ4v) is 2.89. The average molecular weight is 240 g/mol. The summed E-state index contributed by atoms with van der Waals surface area (Å²) in [6.45, 7) is 8.27. The first kappa shape index (κ1) is 15.0. The van der Waals surface area contributed by atoms with Crippen LogP contribution in [0.15, 0.2) is 0 Å². The first-order chi connectivity index (χ1) is 7.99. The van der Waals surface area contributed by atoms with Gasteiger partial charge in [-0.2, -0.15) is 0 Å². The van der Waals surface area contributed by atoms with Crippen LogP contribution >= 0.6 is 0 Å². The second-order valence-electron chi connectivity index (χ2n) is 6.52. The van der Waals surface area contributed by atoms with Gasteiger partial charge in [0.1, 0.15) is 0 Å². The van der Waals surface area contributed by atoms with Gasteiger partial charge in [-0.05, 0) is 71.5 Å². The molecule has 0 radical (unpaired) electrons. The Labute approximate surface area is 108 Å². The molecule has 0 heterocycles. The number of hydrogen-bond donors (Lipinski definition) is 1. The van der Waals surface area contributed by atoms with Crippen molar-refractivity contribution in [3.05, 3.63) is 0 Å². The van der Waals surface area contributed by atoms with Crippen molar-refractivity contribution in [2.45, 2.75) is 65.0 Å². The monoisotopic (exact) mass is 240 g/mol. The van der Waals surface area contributed by atoms with E-state index in [0.29, 0.717) is 6.04 Å². The van der Waals surface area contributed by atoms with Gasteiger partial charge in [0.05, 0.1) is 0 Å². The van der Waals surface area contributed by atoms with Crippen LogP contribution in [0.5, 0.6) is 0 Å². The summed E-state index contributed by atoms with van der Waals surface area (Å²) in [7, 11) is 4.31. The second-order valence-corrected chi connectivity index (χ2v) is 6.52. The maximum Gasteiger partial charge on any atom is 0.00697 e. The van der Waals surface area contributed by atoms with Crippen LogP contribution < -0.4 is 5.32 Å². The van der Waals surface area contributed by atoms with Gasteiger partial charge in [0.2, 0.25) is 0 Å². The number of nitrogens with zero attached hydrogens (tertiary/aromatic N) is 1. The van der Waals surface area contributed by atoms with Gasteiger partial charge in [0.25, 0.3) is 0 Å². The number of rotatable bonds is 6. The minimum Gasteiger partial charge on any atom is -0.311 e. The van der Waals surface area contributed by atoms with Gasteiger partial charge >= 0.3 is 0 Å². The molecule has 2 heteroatoms. The Morgan fingerprint density at radius 1 is 1.06 bits per heavy atom. The van der Waals surface area contributed by atoms with Crippen LogP contribution in [0.25, 0.3) is 0 Å². The molecule has 1 saturated carbocycles.